The topological polar surface area (TPSA) is 150 Å². The van der Waals surface area contributed by atoms with Crippen LogP contribution in [0.4, 0.5) is 0 Å². The summed E-state index contributed by atoms with van der Waals surface area (Å²) < 4.78 is 6.01. The minimum absolute atomic E-state index is 0.00987. The van der Waals surface area contributed by atoms with Crippen molar-refractivity contribution in [1.29, 1.82) is 0 Å². The van der Waals surface area contributed by atoms with E-state index in [4.69, 9.17) is 4.74 Å². The summed E-state index contributed by atoms with van der Waals surface area (Å²) in [6.07, 6.45) is 0.830. The van der Waals surface area contributed by atoms with Crippen molar-refractivity contribution in [3.8, 4) is 16.2 Å². The lowest BCUT2D eigenvalue weighted by Gasteiger charge is -2.38. The van der Waals surface area contributed by atoms with Crippen molar-refractivity contribution in [2.75, 3.05) is 19.7 Å². The summed E-state index contributed by atoms with van der Waals surface area (Å²) >= 11 is 1.58. The van der Waals surface area contributed by atoms with Crippen LogP contribution in [-0.4, -0.2) is 76.5 Å². The molecule has 0 unspecified atom stereocenters. The Bertz CT molecular complexity index is 2420. The fraction of sp³-hybridized carbons (Fsp3) is 0.365. The maximum absolute atomic E-state index is 14.1. The van der Waals surface area contributed by atoms with Gasteiger partial charge in [0.2, 0.25) is 23.6 Å². The number of hydrogen-bond donors (Lipinski definition) is 4. The zero-order valence-electron chi connectivity index (χ0n) is 37.3. The van der Waals surface area contributed by atoms with Crippen molar-refractivity contribution < 1.29 is 29.0 Å². The minimum Gasteiger partial charge on any atom is -0.492 e. The third-order valence-electron chi connectivity index (χ3n) is 12.2. The molecule has 4 aromatic carbocycles. The molecule has 5 aromatic rings. The van der Waals surface area contributed by atoms with Gasteiger partial charge in [-0.1, -0.05) is 125 Å². The molecule has 1 aliphatic carbocycles. The van der Waals surface area contributed by atoms with Gasteiger partial charge in [-0.05, 0) is 82.7 Å². The highest BCUT2D eigenvalue weighted by molar-refractivity contribution is 7.13. The number of aliphatic hydroxyl groups is 1. The molecule has 0 spiro atoms. The standard InChI is InChI=1S/C52H59N5O6S/c1-6-43(35-13-9-7-10-14-35)45(36-15-11-8-12-16-36)37-21-23-42(24-22-37)63-26-25-53-48(59)39-27-40(28-39)49(60)56-47(52(3,4)5)51(62)57-31-41(58)29-44(57)50(61)54-30-34-17-19-38(20-18-34)46-33(2)55-32-64-46/h7-24,32,39-41,44,47,58H,6,25-31H2,1-5H3,(H,53,59)(H,54,61)(H,56,60)/b45-43-/t39?,40?,41-,44+,47-/m1/s1. The first-order valence-electron chi connectivity index (χ1n) is 22.2. The number of carbonyl (C=O) groups is 4. The number of thiazole rings is 1. The Hall–Kier alpha value is -6.11. The van der Waals surface area contributed by atoms with Crippen LogP contribution in [0.5, 0.6) is 5.75 Å². The molecule has 1 saturated heterocycles. The number of nitrogens with zero attached hydrogens (tertiary/aromatic N) is 2. The van der Waals surface area contributed by atoms with Crippen molar-refractivity contribution in [1.82, 2.24) is 25.8 Å². The fourth-order valence-electron chi connectivity index (χ4n) is 8.58. The van der Waals surface area contributed by atoms with E-state index in [0.717, 1.165) is 39.2 Å². The molecule has 12 heteroatoms. The number of nitrogens with one attached hydrogen (secondary N) is 3. The number of β-amino-alcohol motifs (C(OH)–C–C–N with tert-alkyl or cyclic N) is 1. The largest absolute Gasteiger partial charge is 0.492 e. The number of likely N-dealkylation sites (tertiary alicyclic amines) is 1. The lowest BCUT2D eigenvalue weighted by atomic mass is 9.73. The first-order chi connectivity index (χ1) is 30.8. The third-order valence-corrected chi connectivity index (χ3v) is 13.2. The van der Waals surface area contributed by atoms with Crippen LogP contribution >= 0.6 is 11.3 Å². The molecule has 7 rings (SSSR count). The quantitative estimate of drug-likeness (QED) is 0.0584. The molecule has 2 heterocycles. The maximum Gasteiger partial charge on any atom is 0.246 e. The van der Waals surface area contributed by atoms with Crippen molar-refractivity contribution in [3.05, 3.63) is 143 Å². The van der Waals surface area contributed by atoms with Crippen LogP contribution in [-0.2, 0) is 25.7 Å². The zero-order chi connectivity index (χ0) is 45.4. The predicted molar refractivity (Wildman–Crippen MR) is 252 cm³/mol. The van der Waals surface area contributed by atoms with E-state index >= 15 is 0 Å². The Balaban J connectivity index is 0.874. The Morgan fingerprint density at radius 1 is 0.797 bits per heavy atom. The SMILES string of the molecule is CC/C(=C(\c1ccccc1)c1ccc(OCCNC(=O)C2CC(C(=O)N[C@H](C(=O)N3C[C@H](O)C[C@H]3C(=O)NCc3ccc(-c4scnc4C)cc3)C(C)(C)C)C2)cc1)c1ccccc1. The van der Waals surface area contributed by atoms with E-state index in [1.54, 1.807) is 11.3 Å². The molecule has 4 amide bonds. The molecule has 1 saturated carbocycles. The zero-order valence-corrected chi connectivity index (χ0v) is 38.1. The second kappa shape index (κ2) is 20.6. The lowest BCUT2D eigenvalue weighted by Crippen LogP contribution is -2.59. The molecular formula is C52H59N5O6S. The number of aliphatic hydroxyl groups excluding tert-OH is 1. The molecule has 0 bridgehead atoms. The van der Waals surface area contributed by atoms with Gasteiger partial charge in [-0.3, -0.25) is 19.2 Å². The monoisotopic (exact) mass is 881 g/mol. The molecule has 2 aliphatic rings. The number of amides is 4. The Morgan fingerprint density at radius 3 is 2.03 bits per heavy atom. The molecule has 4 N–H and O–H groups in total. The van der Waals surface area contributed by atoms with Gasteiger partial charge in [-0.25, -0.2) is 4.98 Å². The third kappa shape index (κ3) is 11.0. The van der Waals surface area contributed by atoms with Gasteiger partial charge < -0.3 is 30.7 Å². The molecule has 64 heavy (non-hydrogen) atoms. The molecule has 1 aliphatic heterocycles. The van der Waals surface area contributed by atoms with Crippen molar-refractivity contribution in [3.63, 3.8) is 0 Å². The number of aryl methyl sites for hydroxylation is 1. The van der Waals surface area contributed by atoms with E-state index < -0.39 is 35.4 Å². The van der Waals surface area contributed by atoms with Crippen molar-refractivity contribution >= 4 is 46.1 Å². The average molecular weight is 882 g/mol. The van der Waals surface area contributed by atoms with Crippen LogP contribution in [0, 0.1) is 24.2 Å². The van der Waals surface area contributed by atoms with Crippen molar-refractivity contribution in [2.24, 2.45) is 17.3 Å². The summed E-state index contributed by atoms with van der Waals surface area (Å²) in [5, 5.41) is 19.5. The summed E-state index contributed by atoms with van der Waals surface area (Å²) in [7, 11) is 0. The number of hydrogen-bond acceptors (Lipinski definition) is 8. The highest BCUT2D eigenvalue weighted by Crippen LogP contribution is 2.37. The smallest absolute Gasteiger partial charge is 0.246 e. The van der Waals surface area contributed by atoms with E-state index in [-0.39, 0.29) is 49.8 Å². The van der Waals surface area contributed by atoms with Crippen LogP contribution in [0.1, 0.15) is 81.3 Å². The predicted octanol–water partition coefficient (Wildman–Crippen LogP) is 7.82. The summed E-state index contributed by atoms with van der Waals surface area (Å²) in [6, 6.07) is 35.0. The van der Waals surface area contributed by atoms with Crippen LogP contribution < -0.4 is 20.7 Å². The van der Waals surface area contributed by atoms with Gasteiger partial charge in [0.15, 0.2) is 0 Å². The number of benzene rings is 4. The summed E-state index contributed by atoms with van der Waals surface area (Å²) in [5.41, 5.74) is 9.90. The molecule has 11 nitrogen and oxygen atoms in total. The van der Waals surface area contributed by atoms with Crippen LogP contribution in [0.2, 0.25) is 0 Å². The van der Waals surface area contributed by atoms with Gasteiger partial charge in [0.25, 0.3) is 0 Å². The summed E-state index contributed by atoms with van der Waals surface area (Å²) in [6.45, 7) is 10.6. The maximum atomic E-state index is 14.1. The first kappa shape index (κ1) is 45.9. The number of allylic oxidation sites excluding steroid dienone is 1. The highest BCUT2D eigenvalue weighted by Gasteiger charge is 2.46. The van der Waals surface area contributed by atoms with E-state index in [1.807, 2.05) is 81.7 Å². The molecule has 3 atom stereocenters. The van der Waals surface area contributed by atoms with Gasteiger partial charge in [-0.15, -0.1) is 11.3 Å². The fourth-order valence-corrected chi connectivity index (χ4v) is 9.39. The molecule has 334 valence electrons. The second-order valence-electron chi connectivity index (χ2n) is 17.9. The highest BCUT2D eigenvalue weighted by atomic mass is 32.1. The molecule has 1 aromatic heterocycles. The number of aromatic nitrogens is 1. The van der Waals surface area contributed by atoms with Gasteiger partial charge in [0.05, 0.1) is 28.7 Å². The van der Waals surface area contributed by atoms with E-state index in [2.05, 4.69) is 88.5 Å². The van der Waals surface area contributed by atoms with E-state index in [1.165, 1.54) is 21.6 Å². The normalized spacial score (nSPS) is 19.2. The van der Waals surface area contributed by atoms with E-state index in [9.17, 15) is 24.3 Å². The van der Waals surface area contributed by atoms with Gasteiger partial charge >= 0.3 is 0 Å². The number of carbonyl (C=O) groups excluding carboxylic acids is 4. The van der Waals surface area contributed by atoms with Crippen LogP contribution in [0.15, 0.2) is 115 Å². The minimum atomic E-state index is -0.944. The van der Waals surface area contributed by atoms with Crippen LogP contribution in [0.3, 0.4) is 0 Å². The lowest BCUT2D eigenvalue weighted by molar-refractivity contribution is -0.146. The molecule has 0 radical (unpaired) electrons. The van der Waals surface area contributed by atoms with Crippen molar-refractivity contribution in [2.45, 2.75) is 85.0 Å². The van der Waals surface area contributed by atoms with E-state index in [0.29, 0.717) is 25.1 Å². The average Bonchev–Trinajstić information content (AvgIpc) is 3.90. The van der Waals surface area contributed by atoms with Gasteiger partial charge in [-0.2, -0.15) is 0 Å². The van der Waals surface area contributed by atoms with Gasteiger partial charge in [0, 0.05) is 31.3 Å². The molecule has 2 fully saturated rings. The summed E-state index contributed by atoms with van der Waals surface area (Å²) in [4.78, 5) is 61.0. The first-order valence-corrected chi connectivity index (χ1v) is 23.1. The number of ether oxygens (including phenoxy) is 1. The second-order valence-corrected chi connectivity index (χ2v) is 18.7. The van der Waals surface area contributed by atoms with Gasteiger partial charge in [0.1, 0.15) is 24.4 Å². The summed E-state index contributed by atoms with van der Waals surface area (Å²) in [5.74, 6) is -1.28. The Kier molecular flexibility index (Phi) is 14.8. The number of rotatable bonds is 16. The Labute approximate surface area is 380 Å². The Morgan fingerprint density at radius 2 is 1.42 bits per heavy atom. The van der Waals surface area contributed by atoms with Crippen LogP contribution in [0.25, 0.3) is 21.6 Å². The molecular weight excluding hydrogens is 823 g/mol.